The van der Waals surface area contributed by atoms with Crippen LogP contribution >= 0.6 is 0 Å². The number of fused-ring (bicyclic) bond motifs is 1. The second-order valence-corrected chi connectivity index (χ2v) is 11.7. The number of alkyl halides is 6. The van der Waals surface area contributed by atoms with Crippen LogP contribution < -0.4 is 9.62 Å². The molecule has 0 saturated heterocycles. The van der Waals surface area contributed by atoms with Gasteiger partial charge in [-0.25, -0.2) is 17.8 Å². The number of nitrogens with zero attached hydrogens (tertiary/aromatic N) is 2. The summed E-state index contributed by atoms with van der Waals surface area (Å²) in [5.41, 5.74) is -5.07. The molecule has 47 heavy (non-hydrogen) atoms. The van der Waals surface area contributed by atoms with Crippen LogP contribution in [0.4, 0.5) is 42.1 Å². The molecule has 3 aromatic carbocycles. The smallest absolute Gasteiger partial charge is 0.430 e. The Hall–Kier alpha value is -4.88. The van der Waals surface area contributed by atoms with E-state index in [9.17, 15) is 49.1 Å². The average Bonchev–Trinajstić information content (AvgIpc) is 3.56. The molecule has 1 aromatic heterocycles. The Morgan fingerprint density at radius 2 is 1.55 bits per heavy atom. The summed E-state index contributed by atoms with van der Waals surface area (Å²) in [5, 5.41) is 12.3. The molecule has 0 saturated carbocycles. The molecule has 0 fully saturated rings. The van der Waals surface area contributed by atoms with E-state index in [1.165, 1.54) is 13.3 Å². The summed E-state index contributed by atoms with van der Waals surface area (Å²) in [5.74, 6) is -0.0528. The molecule has 0 radical (unpaired) electrons. The molecule has 4 aromatic rings. The van der Waals surface area contributed by atoms with Gasteiger partial charge in [0.05, 0.1) is 16.8 Å². The van der Waals surface area contributed by atoms with Crippen molar-refractivity contribution in [3.8, 4) is 24.2 Å². The van der Waals surface area contributed by atoms with Crippen molar-refractivity contribution in [3.05, 3.63) is 96.3 Å². The number of oxazole rings is 1. The number of aliphatic hydroxyl groups is 1. The standard InChI is InChI=1S/C18H14F7NO3S.C11H10N2O2.C2H2/c19-13-4-6-14(7-5-13)30(28,29)26-9-1-2-11-10-12(3-8-15(11)26)16(27,17(20,21)22)18(23,24)25;1-8(14)13-10-4-2-9(3-5-10)11-6-12-7-15-11;1-2/h3-8,10,27H,1-2,9H2;2-7H,1H3,(H,13,14);1-2H. The summed E-state index contributed by atoms with van der Waals surface area (Å²) >= 11 is 0. The molecule has 0 spiro atoms. The van der Waals surface area contributed by atoms with Gasteiger partial charge in [-0.1, -0.05) is 12.1 Å². The van der Waals surface area contributed by atoms with Crippen LogP contribution in [0.5, 0.6) is 0 Å². The van der Waals surface area contributed by atoms with Crippen LogP contribution in [0, 0.1) is 18.7 Å². The molecular weight excluding hydrogens is 659 g/mol. The van der Waals surface area contributed by atoms with Gasteiger partial charge in [-0.05, 0) is 73.0 Å². The Bertz CT molecular complexity index is 1770. The SMILES string of the molecule is C#C.CC(=O)Nc1ccc(-c2cnco2)cc1.O=S(=O)(c1ccc(F)cc1)N1CCCc2cc(C(O)(C(F)(F)F)C(F)(F)F)ccc21. The number of hydrogen-bond acceptors (Lipinski definition) is 6. The van der Waals surface area contributed by atoms with Gasteiger partial charge in [0.1, 0.15) is 5.82 Å². The molecule has 0 atom stereocenters. The minimum atomic E-state index is -6.05. The third-order valence-electron chi connectivity index (χ3n) is 6.72. The first kappa shape index (κ1) is 36.6. The lowest BCUT2D eigenvalue weighted by Gasteiger charge is -2.35. The number of benzene rings is 3. The molecule has 2 heterocycles. The van der Waals surface area contributed by atoms with Crippen molar-refractivity contribution in [1.29, 1.82) is 0 Å². The zero-order chi connectivity index (χ0) is 35.2. The molecular formula is C31H26F7N3O5S. The van der Waals surface area contributed by atoms with Gasteiger partial charge in [-0.15, -0.1) is 12.8 Å². The van der Waals surface area contributed by atoms with E-state index in [2.05, 4.69) is 23.1 Å². The van der Waals surface area contributed by atoms with Gasteiger partial charge in [0.15, 0.2) is 12.2 Å². The van der Waals surface area contributed by atoms with Crippen LogP contribution in [0.25, 0.3) is 11.3 Å². The Morgan fingerprint density at radius 1 is 0.957 bits per heavy atom. The third-order valence-corrected chi connectivity index (χ3v) is 8.54. The molecule has 8 nitrogen and oxygen atoms in total. The number of amides is 1. The number of rotatable bonds is 5. The van der Waals surface area contributed by atoms with E-state index in [0.717, 1.165) is 45.9 Å². The van der Waals surface area contributed by atoms with Crippen LogP contribution in [0.2, 0.25) is 0 Å². The summed E-state index contributed by atoms with van der Waals surface area (Å²) in [6.07, 6.45) is -0.940. The maximum absolute atomic E-state index is 13.1. The molecule has 0 aliphatic carbocycles. The van der Waals surface area contributed by atoms with E-state index in [1.807, 2.05) is 24.3 Å². The predicted molar refractivity (Wildman–Crippen MR) is 158 cm³/mol. The molecule has 1 aliphatic heterocycles. The van der Waals surface area contributed by atoms with Crippen molar-refractivity contribution in [3.63, 3.8) is 0 Å². The second kappa shape index (κ2) is 14.3. The number of aromatic nitrogens is 1. The first-order valence-corrected chi connectivity index (χ1v) is 14.8. The Morgan fingerprint density at radius 3 is 2.06 bits per heavy atom. The minimum absolute atomic E-state index is 0.00437. The fourth-order valence-corrected chi connectivity index (χ4v) is 6.08. The number of hydrogen-bond donors (Lipinski definition) is 2. The van der Waals surface area contributed by atoms with Crippen LogP contribution in [0.15, 0.2) is 88.6 Å². The molecule has 1 aliphatic rings. The summed E-state index contributed by atoms with van der Waals surface area (Å²) in [4.78, 5) is 14.3. The molecule has 2 N–H and O–H groups in total. The van der Waals surface area contributed by atoms with Gasteiger partial charge < -0.3 is 14.8 Å². The molecule has 5 rings (SSSR count). The summed E-state index contributed by atoms with van der Waals surface area (Å²) < 4.78 is 124. The highest BCUT2D eigenvalue weighted by Gasteiger charge is 2.71. The van der Waals surface area contributed by atoms with Crippen molar-refractivity contribution in [1.82, 2.24) is 4.98 Å². The molecule has 16 heteroatoms. The van der Waals surface area contributed by atoms with E-state index in [1.54, 1.807) is 6.20 Å². The predicted octanol–water partition coefficient (Wildman–Crippen LogP) is 6.83. The van der Waals surface area contributed by atoms with Crippen LogP contribution in [0.1, 0.15) is 24.5 Å². The number of carbonyl (C=O) groups excluding carboxylic acids is 1. The van der Waals surface area contributed by atoms with E-state index in [4.69, 9.17) is 4.42 Å². The lowest BCUT2D eigenvalue weighted by molar-refractivity contribution is -0.376. The molecule has 1 amide bonds. The van der Waals surface area contributed by atoms with Crippen molar-refractivity contribution >= 4 is 27.3 Å². The Labute approximate surface area is 264 Å². The lowest BCUT2D eigenvalue weighted by atomic mass is 9.89. The maximum atomic E-state index is 13.1. The summed E-state index contributed by atoms with van der Waals surface area (Å²) in [6, 6.07) is 12.9. The monoisotopic (exact) mass is 685 g/mol. The van der Waals surface area contributed by atoms with Gasteiger partial charge in [0.2, 0.25) is 5.91 Å². The first-order valence-electron chi connectivity index (χ1n) is 13.3. The maximum Gasteiger partial charge on any atom is 0.430 e. The van der Waals surface area contributed by atoms with Gasteiger partial charge in [-0.3, -0.25) is 9.10 Å². The fourth-order valence-electron chi connectivity index (χ4n) is 4.54. The zero-order valence-electron chi connectivity index (χ0n) is 24.3. The van der Waals surface area contributed by atoms with Crippen LogP contribution in [0.3, 0.4) is 0 Å². The first-order chi connectivity index (χ1) is 21.9. The topological polar surface area (TPSA) is 113 Å². The minimum Gasteiger partial charge on any atom is -0.444 e. The highest BCUT2D eigenvalue weighted by Crippen LogP contribution is 2.51. The van der Waals surface area contributed by atoms with Gasteiger partial charge in [0, 0.05) is 30.3 Å². The molecule has 250 valence electrons. The lowest BCUT2D eigenvalue weighted by Crippen LogP contribution is -2.54. The summed E-state index contributed by atoms with van der Waals surface area (Å²) in [6.45, 7) is 1.40. The molecule has 0 unspecified atom stereocenters. The number of nitrogens with one attached hydrogen (secondary N) is 1. The van der Waals surface area contributed by atoms with E-state index >= 15 is 0 Å². The number of sulfonamides is 1. The van der Waals surface area contributed by atoms with Crippen molar-refractivity contribution in [2.75, 3.05) is 16.2 Å². The van der Waals surface area contributed by atoms with E-state index in [0.29, 0.717) is 17.9 Å². The van der Waals surface area contributed by atoms with Crippen molar-refractivity contribution in [2.45, 2.75) is 42.6 Å². The van der Waals surface area contributed by atoms with E-state index < -0.39 is 39.4 Å². The Kier molecular flexibility index (Phi) is 11.1. The van der Waals surface area contributed by atoms with Crippen molar-refractivity contribution < 1.29 is 53.5 Å². The quantitative estimate of drug-likeness (QED) is 0.176. The third kappa shape index (κ3) is 7.92. The normalized spacial score (nSPS) is 13.3. The Balaban J connectivity index is 0.000000295. The number of halogens is 7. The molecule has 0 bridgehead atoms. The van der Waals surface area contributed by atoms with Gasteiger partial charge in [0.25, 0.3) is 15.6 Å². The second-order valence-electron chi connectivity index (χ2n) is 9.81. The number of aryl methyl sites for hydroxylation is 1. The summed E-state index contributed by atoms with van der Waals surface area (Å²) in [7, 11) is -4.24. The number of anilines is 2. The average molecular weight is 686 g/mol. The zero-order valence-corrected chi connectivity index (χ0v) is 25.1. The van der Waals surface area contributed by atoms with Crippen molar-refractivity contribution in [2.24, 2.45) is 0 Å². The number of terminal acetylenes is 1. The van der Waals surface area contributed by atoms with Gasteiger partial charge in [-0.2, -0.15) is 26.3 Å². The van der Waals surface area contributed by atoms with Crippen LogP contribution in [-0.2, 0) is 26.8 Å². The largest absolute Gasteiger partial charge is 0.444 e. The highest BCUT2D eigenvalue weighted by atomic mass is 32.2. The fraction of sp³-hybridized carbons (Fsp3) is 0.226. The number of carbonyl (C=O) groups is 1. The van der Waals surface area contributed by atoms with E-state index in [-0.39, 0.29) is 41.4 Å². The highest BCUT2D eigenvalue weighted by molar-refractivity contribution is 7.92. The van der Waals surface area contributed by atoms with Gasteiger partial charge >= 0.3 is 12.4 Å². The van der Waals surface area contributed by atoms with Crippen LogP contribution in [-0.4, -0.2) is 43.3 Å².